The minimum Gasteiger partial charge on any atom is -0.346 e. The van der Waals surface area contributed by atoms with Crippen molar-refractivity contribution >= 4 is 17.5 Å². The maximum Gasteiger partial charge on any atom is 0.434 e. The molecule has 0 bridgehead atoms. The molecule has 2 heterocycles. The number of hydrogen-bond acceptors (Lipinski definition) is 3. The SMILES string of the molecule is O=C(NCC(F)(F)c1ccc(-c2ccc(Cl)nc2)cc1C(F)(F)F)c1cccnc1C(F)(F)F. The second-order valence-corrected chi connectivity index (χ2v) is 7.30. The van der Waals surface area contributed by atoms with Crippen molar-refractivity contribution in [3.8, 4) is 11.1 Å². The number of alkyl halides is 8. The molecule has 13 heteroatoms. The first-order valence-electron chi connectivity index (χ1n) is 9.22. The van der Waals surface area contributed by atoms with E-state index >= 15 is 0 Å². The summed E-state index contributed by atoms with van der Waals surface area (Å²) in [6.45, 7) is -1.69. The first-order chi connectivity index (χ1) is 15.7. The fourth-order valence-corrected chi connectivity index (χ4v) is 3.13. The Kier molecular flexibility index (Phi) is 6.83. The molecular formula is C21H12ClF8N3O. The second kappa shape index (κ2) is 9.16. The Morgan fingerprint density at radius 1 is 0.853 bits per heavy atom. The summed E-state index contributed by atoms with van der Waals surface area (Å²) in [4.78, 5) is 18.9. The number of halogens is 9. The molecule has 0 fully saturated rings. The zero-order chi connectivity index (χ0) is 25.3. The van der Waals surface area contributed by atoms with Gasteiger partial charge in [-0.15, -0.1) is 0 Å². The number of nitrogens with one attached hydrogen (secondary N) is 1. The van der Waals surface area contributed by atoms with Gasteiger partial charge in [0.05, 0.1) is 17.7 Å². The van der Waals surface area contributed by atoms with Crippen molar-refractivity contribution < 1.29 is 39.9 Å². The van der Waals surface area contributed by atoms with Gasteiger partial charge in [-0.05, 0) is 35.9 Å². The van der Waals surface area contributed by atoms with Crippen molar-refractivity contribution in [2.45, 2.75) is 18.3 Å². The van der Waals surface area contributed by atoms with Crippen LogP contribution in [-0.4, -0.2) is 22.4 Å². The lowest BCUT2D eigenvalue weighted by molar-refractivity contribution is -0.142. The summed E-state index contributed by atoms with van der Waals surface area (Å²) in [7, 11) is 0. The Morgan fingerprint density at radius 3 is 2.12 bits per heavy atom. The van der Waals surface area contributed by atoms with Crippen LogP contribution in [0.5, 0.6) is 0 Å². The molecule has 3 rings (SSSR count). The fourth-order valence-electron chi connectivity index (χ4n) is 3.02. The topological polar surface area (TPSA) is 54.9 Å². The molecule has 3 aromatic rings. The van der Waals surface area contributed by atoms with Crippen molar-refractivity contribution in [2.75, 3.05) is 6.54 Å². The lowest BCUT2D eigenvalue weighted by Crippen LogP contribution is -2.37. The van der Waals surface area contributed by atoms with Gasteiger partial charge < -0.3 is 5.32 Å². The van der Waals surface area contributed by atoms with Crippen molar-refractivity contribution in [3.63, 3.8) is 0 Å². The zero-order valence-electron chi connectivity index (χ0n) is 16.6. The normalized spacial score (nSPS) is 12.5. The van der Waals surface area contributed by atoms with Crippen LogP contribution in [-0.2, 0) is 18.3 Å². The standard InChI is InChI=1S/C21H12ClF8N3O/c22-16-6-4-12(9-32-16)11-3-5-14(15(8-11)20(25,26)27)19(23,24)10-33-18(34)13-2-1-7-31-17(13)21(28,29)30/h1-9H,10H2,(H,33,34). The molecule has 0 saturated carbocycles. The van der Waals surface area contributed by atoms with Gasteiger partial charge in [-0.25, -0.2) is 4.98 Å². The summed E-state index contributed by atoms with van der Waals surface area (Å²) in [6.07, 6.45) is -8.35. The Morgan fingerprint density at radius 2 is 1.53 bits per heavy atom. The number of benzene rings is 1. The van der Waals surface area contributed by atoms with E-state index in [0.717, 1.165) is 24.5 Å². The molecule has 0 spiro atoms. The number of aromatic nitrogens is 2. The van der Waals surface area contributed by atoms with Gasteiger partial charge in [0.1, 0.15) is 5.15 Å². The smallest absolute Gasteiger partial charge is 0.346 e. The monoisotopic (exact) mass is 509 g/mol. The van der Waals surface area contributed by atoms with Crippen molar-refractivity contribution in [3.05, 3.63) is 82.4 Å². The highest BCUT2D eigenvalue weighted by Gasteiger charge is 2.43. The van der Waals surface area contributed by atoms with Crippen LogP contribution in [0.4, 0.5) is 35.1 Å². The van der Waals surface area contributed by atoms with Crippen LogP contribution in [0.15, 0.2) is 54.9 Å². The van der Waals surface area contributed by atoms with E-state index in [1.807, 2.05) is 0 Å². The third-order valence-electron chi connectivity index (χ3n) is 4.57. The summed E-state index contributed by atoms with van der Waals surface area (Å²) < 4.78 is 109. The Balaban J connectivity index is 1.91. The molecule has 0 aliphatic carbocycles. The molecule has 1 aromatic carbocycles. The second-order valence-electron chi connectivity index (χ2n) is 6.91. The van der Waals surface area contributed by atoms with Gasteiger partial charge in [-0.2, -0.15) is 35.1 Å². The van der Waals surface area contributed by atoms with Gasteiger partial charge in [0, 0.05) is 23.5 Å². The molecule has 0 radical (unpaired) electrons. The average Bonchev–Trinajstić information content (AvgIpc) is 2.76. The van der Waals surface area contributed by atoms with Gasteiger partial charge in [0.2, 0.25) is 0 Å². The van der Waals surface area contributed by atoms with E-state index in [4.69, 9.17) is 11.6 Å². The first-order valence-corrected chi connectivity index (χ1v) is 9.60. The van der Waals surface area contributed by atoms with E-state index < -0.39 is 53.1 Å². The average molecular weight is 510 g/mol. The Labute approximate surface area is 191 Å². The Hall–Kier alpha value is -3.28. The van der Waals surface area contributed by atoms with Crippen LogP contribution in [0, 0.1) is 0 Å². The number of hydrogen-bond donors (Lipinski definition) is 1. The van der Waals surface area contributed by atoms with E-state index in [1.165, 1.54) is 12.1 Å². The van der Waals surface area contributed by atoms with Gasteiger partial charge in [0.15, 0.2) is 5.69 Å². The Bertz CT molecular complexity index is 1190. The molecule has 1 N–H and O–H groups in total. The van der Waals surface area contributed by atoms with Crippen LogP contribution in [0.3, 0.4) is 0 Å². The number of pyridine rings is 2. The van der Waals surface area contributed by atoms with Gasteiger partial charge in [0.25, 0.3) is 11.8 Å². The van der Waals surface area contributed by atoms with Gasteiger partial charge in [-0.1, -0.05) is 23.7 Å². The predicted octanol–water partition coefficient (Wildman–Crippen LogP) is 6.36. The van der Waals surface area contributed by atoms with E-state index in [2.05, 4.69) is 9.97 Å². The van der Waals surface area contributed by atoms with E-state index in [1.54, 1.807) is 5.32 Å². The van der Waals surface area contributed by atoms with E-state index in [0.29, 0.717) is 18.2 Å². The highest BCUT2D eigenvalue weighted by Crippen LogP contribution is 2.41. The number of carbonyl (C=O) groups is 1. The first kappa shape index (κ1) is 25.3. The molecule has 0 saturated heterocycles. The zero-order valence-corrected chi connectivity index (χ0v) is 17.4. The summed E-state index contributed by atoms with van der Waals surface area (Å²) in [5, 5.41) is 1.63. The van der Waals surface area contributed by atoms with E-state index in [9.17, 15) is 39.9 Å². The van der Waals surface area contributed by atoms with Crippen LogP contribution < -0.4 is 5.32 Å². The molecule has 2 aromatic heterocycles. The molecule has 0 atom stereocenters. The number of amides is 1. The van der Waals surface area contributed by atoms with Crippen LogP contribution in [0.25, 0.3) is 11.1 Å². The van der Waals surface area contributed by atoms with Gasteiger partial charge in [-0.3, -0.25) is 9.78 Å². The van der Waals surface area contributed by atoms with Gasteiger partial charge >= 0.3 is 12.4 Å². The van der Waals surface area contributed by atoms with Crippen molar-refractivity contribution in [2.24, 2.45) is 0 Å². The molecule has 4 nitrogen and oxygen atoms in total. The lowest BCUT2D eigenvalue weighted by Gasteiger charge is -2.23. The largest absolute Gasteiger partial charge is 0.434 e. The minimum atomic E-state index is -5.20. The predicted molar refractivity (Wildman–Crippen MR) is 105 cm³/mol. The summed E-state index contributed by atoms with van der Waals surface area (Å²) in [5.74, 6) is -5.85. The summed E-state index contributed by atoms with van der Waals surface area (Å²) >= 11 is 5.64. The quantitative estimate of drug-likeness (QED) is 0.322. The molecule has 1 amide bonds. The third-order valence-corrected chi connectivity index (χ3v) is 4.80. The number of carbonyl (C=O) groups excluding carboxylic acids is 1. The van der Waals surface area contributed by atoms with Crippen LogP contribution in [0.2, 0.25) is 5.15 Å². The van der Waals surface area contributed by atoms with Crippen LogP contribution >= 0.6 is 11.6 Å². The maximum absolute atomic E-state index is 14.8. The molecule has 0 aliphatic heterocycles. The molecule has 34 heavy (non-hydrogen) atoms. The van der Waals surface area contributed by atoms with Crippen molar-refractivity contribution in [1.29, 1.82) is 0 Å². The molecular weight excluding hydrogens is 498 g/mol. The molecule has 0 aliphatic rings. The molecule has 0 unspecified atom stereocenters. The summed E-state index contributed by atoms with van der Waals surface area (Å²) in [5.41, 5.74) is -5.72. The minimum absolute atomic E-state index is 0.0704. The lowest BCUT2D eigenvalue weighted by atomic mass is 9.95. The fraction of sp³-hybridized carbons (Fsp3) is 0.190. The third kappa shape index (κ3) is 5.61. The highest BCUT2D eigenvalue weighted by molar-refractivity contribution is 6.29. The molecule has 180 valence electrons. The maximum atomic E-state index is 14.8. The highest BCUT2D eigenvalue weighted by atomic mass is 35.5. The number of rotatable bonds is 5. The van der Waals surface area contributed by atoms with Crippen LogP contribution in [0.1, 0.15) is 27.2 Å². The van der Waals surface area contributed by atoms with E-state index in [-0.39, 0.29) is 16.3 Å². The number of nitrogens with zero attached hydrogens (tertiary/aromatic N) is 2. The summed E-state index contributed by atoms with van der Waals surface area (Å²) in [6, 6.07) is 6.34. The van der Waals surface area contributed by atoms with Crippen molar-refractivity contribution in [1.82, 2.24) is 15.3 Å².